The minimum Gasteiger partial charge on any atom is -0.505 e. The van der Waals surface area contributed by atoms with Gasteiger partial charge in [-0.25, -0.2) is 4.79 Å². The van der Waals surface area contributed by atoms with Crippen molar-refractivity contribution in [2.24, 2.45) is 22.7 Å². The Morgan fingerprint density at radius 3 is 2.67 bits per heavy atom. The summed E-state index contributed by atoms with van der Waals surface area (Å²) < 4.78 is 6.44. The molecule has 9 heteroatoms. The molecule has 1 spiro atoms. The van der Waals surface area contributed by atoms with Gasteiger partial charge in [0.2, 0.25) is 5.91 Å². The lowest BCUT2D eigenvalue weighted by Gasteiger charge is -2.55. The Balaban J connectivity index is 1.37. The van der Waals surface area contributed by atoms with E-state index in [1.54, 1.807) is 6.08 Å². The molecule has 4 N–H and O–H groups in total. The molecule has 33 heavy (non-hydrogen) atoms. The number of ketones is 1. The zero-order chi connectivity index (χ0) is 23.9. The van der Waals surface area contributed by atoms with Crippen molar-refractivity contribution in [3.8, 4) is 11.5 Å². The summed E-state index contributed by atoms with van der Waals surface area (Å²) in [5.74, 6) is -2.67. The van der Waals surface area contributed by atoms with Crippen LogP contribution in [0.25, 0.3) is 0 Å². The van der Waals surface area contributed by atoms with Crippen molar-refractivity contribution < 1.29 is 34.4 Å². The number of amides is 1. The van der Waals surface area contributed by atoms with Crippen molar-refractivity contribution in [1.82, 2.24) is 0 Å². The molecule has 4 fully saturated rings. The third kappa shape index (κ3) is 3.08. The first kappa shape index (κ1) is 22.4. The Kier molecular flexibility index (Phi) is 4.79. The molecular formula is C24H26BrNO7. The Morgan fingerprint density at radius 1 is 1.27 bits per heavy atom. The molecule has 6 atom stereocenters. The van der Waals surface area contributed by atoms with Crippen molar-refractivity contribution in [3.05, 3.63) is 28.3 Å². The van der Waals surface area contributed by atoms with Gasteiger partial charge in [-0.1, -0.05) is 13.0 Å². The van der Waals surface area contributed by atoms with Crippen LogP contribution in [0.5, 0.6) is 11.5 Å². The van der Waals surface area contributed by atoms with E-state index >= 15 is 0 Å². The number of carboxylic acid groups (broad SMARTS) is 1. The van der Waals surface area contributed by atoms with E-state index in [0.29, 0.717) is 5.92 Å². The van der Waals surface area contributed by atoms with E-state index in [0.717, 1.165) is 25.3 Å². The van der Waals surface area contributed by atoms with Crippen LogP contribution in [0, 0.1) is 22.7 Å². The molecule has 1 aromatic carbocycles. The maximum Gasteiger partial charge on any atom is 0.339 e. The van der Waals surface area contributed by atoms with Crippen LogP contribution in [0.4, 0.5) is 5.69 Å². The topological polar surface area (TPSA) is 133 Å². The van der Waals surface area contributed by atoms with Crippen LogP contribution in [0.1, 0.15) is 56.3 Å². The zero-order valence-electron chi connectivity index (χ0n) is 18.4. The van der Waals surface area contributed by atoms with Crippen molar-refractivity contribution in [2.75, 3.05) is 5.32 Å². The number of carbonyl (C=O) groups is 3. The fourth-order valence-corrected chi connectivity index (χ4v) is 7.55. The predicted octanol–water partition coefficient (Wildman–Crippen LogP) is 4.00. The Bertz CT molecular complexity index is 1130. The highest BCUT2D eigenvalue weighted by Gasteiger charge is 2.71. The zero-order valence-corrected chi connectivity index (χ0v) is 19.9. The average Bonchev–Trinajstić information content (AvgIpc) is 3.11. The summed E-state index contributed by atoms with van der Waals surface area (Å²) >= 11 is 3.04. The van der Waals surface area contributed by atoms with Gasteiger partial charge in [0.1, 0.15) is 11.3 Å². The molecule has 0 radical (unpaired) electrons. The van der Waals surface area contributed by atoms with Gasteiger partial charge in [0.05, 0.1) is 16.2 Å². The number of ether oxygens (including phenoxy) is 1. The van der Waals surface area contributed by atoms with E-state index in [1.807, 2.05) is 6.92 Å². The van der Waals surface area contributed by atoms with Gasteiger partial charge < -0.3 is 25.4 Å². The molecule has 4 bridgehead atoms. The SMILES string of the molecule is C[C@]12C[C@@]34C=CC(=O)[C@@](C)(CCC(=O)Nc5c(O)c(Br)cc(C(=O)O)c5O)[C@@H]3[C@H](C[C@@H]1C4)O2. The number of carbonyl (C=O) groups excluding carboxylic acids is 2. The van der Waals surface area contributed by atoms with Crippen molar-refractivity contribution in [1.29, 1.82) is 0 Å². The minimum absolute atomic E-state index is 0.00610. The van der Waals surface area contributed by atoms with Crippen LogP contribution < -0.4 is 5.32 Å². The first-order valence-corrected chi connectivity index (χ1v) is 11.9. The Labute approximate surface area is 199 Å². The molecule has 1 aromatic rings. The molecule has 0 aromatic heterocycles. The summed E-state index contributed by atoms with van der Waals surface area (Å²) in [6, 6.07) is 1.06. The van der Waals surface area contributed by atoms with E-state index in [9.17, 15) is 29.7 Å². The van der Waals surface area contributed by atoms with Crippen LogP contribution in [0.3, 0.4) is 0 Å². The summed E-state index contributed by atoms with van der Waals surface area (Å²) in [5, 5.41) is 32.2. The maximum atomic E-state index is 13.1. The molecule has 2 heterocycles. The predicted molar refractivity (Wildman–Crippen MR) is 121 cm³/mol. The van der Waals surface area contributed by atoms with E-state index in [-0.39, 0.29) is 51.8 Å². The maximum absolute atomic E-state index is 13.1. The molecule has 6 rings (SSSR count). The quantitative estimate of drug-likeness (QED) is 0.432. The number of carboxylic acids is 1. The van der Waals surface area contributed by atoms with Gasteiger partial charge in [-0.2, -0.15) is 0 Å². The number of phenols is 2. The highest BCUT2D eigenvalue weighted by molar-refractivity contribution is 9.10. The number of aromatic carboxylic acids is 1. The number of nitrogens with one attached hydrogen (secondary N) is 1. The van der Waals surface area contributed by atoms with Crippen molar-refractivity contribution in [3.63, 3.8) is 0 Å². The second kappa shape index (κ2) is 7.06. The van der Waals surface area contributed by atoms with E-state index in [4.69, 9.17) is 4.74 Å². The normalized spacial score (nSPS) is 37.9. The lowest BCUT2D eigenvalue weighted by atomic mass is 9.51. The highest BCUT2D eigenvalue weighted by atomic mass is 79.9. The fraction of sp³-hybridized carbons (Fsp3) is 0.542. The molecule has 3 aliphatic carbocycles. The van der Waals surface area contributed by atoms with E-state index < -0.39 is 34.4 Å². The smallest absolute Gasteiger partial charge is 0.339 e. The summed E-state index contributed by atoms with van der Waals surface area (Å²) in [6.45, 7) is 4.08. The number of halogens is 1. The second-order valence-corrected chi connectivity index (χ2v) is 11.3. The molecule has 1 amide bonds. The van der Waals surface area contributed by atoms with E-state index in [1.165, 1.54) is 0 Å². The molecule has 176 valence electrons. The Morgan fingerprint density at radius 2 is 2.00 bits per heavy atom. The van der Waals surface area contributed by atoms with Gasteiger partial charge >= 0.3 is 5.97 Å². The minimum atomic E-state index is -1.40. The lowest BCUT2D eigenvalue weighted by molar-refractivity contribution is -0.169. The number of hydrogen-bond donors (Lipinski definition) is 4. The van der Waals surface area contributed by atoms with Gasteiger partial charge in [-0.3, -0.25) is 9.59 Å². The van der Waals surface area contributed by atoms with Crippen LogP contribution >= 0.6 is 15.9 Å². The van der Waals surface area contributed by atoms with Gasteiger partial charge in [0.15, 0.2) is 17.3 Å². The Hall–Kier alpha value is -2.39. The molecule has 2 saturated carbocycles. The monoisotopic (exact) mass is 519 g/mol. The van der Waals surface area contributed by atoms with E-state index in [2.05, 4.69) is 34.2 Å². The summed E-state index contributed by atoms with van der Waals surface area (Å²) in [7, 11) is 0. The first-order chi connectivity index (χ1) is 15.4. The standard InChI is InChI=1S/C24H26BrNO7/c1-22(5-4-16(28)26-17-18(29)12(21(31)32)8-13(25)19(17)30)15(27)3-6-24-9-11-7-14(20(22)24)33-23(11,2)10-24/h3,6,8,11,14,20,29-30H,4-5,7,9-10H2,1-2H3,(H,26,28)(H,31,32)/t11-,14+,20+,22-,23+,24+/m1/s1. The van der Waals surface area contributed by atoms with Crippen LogP contribution in [-0.4, -0.2) is 44.7 Å². The number of rotatable bonds is 5. The number of aromatic hydroxyl groups is 2. The fourth-order valence-electron chi connectivity index (χ4n) is 7.13. The van der Waals surface area contributed by atoms with Gasteiger partial charge in [0.25, 0.3) is 0 Å². The number of allylic oxidation sites excluding steroid dienone is 2. The van der Waals surface area contributed by atoms with Gasteiger partial charge in [0, 0.05) is 17.8 Å². The number of hydrogen-bond acceptors (Lipinski definition) is 6. The van der Waals surface area contributed by atoms with Crippen LogP contribution in [0.2, 0.25) is 0 Å². The molecule has 8 nitrogen and oxygen atoms in total. The van der Waals surface area contributed by atoms with Gasteiger partial charge in [-0.05, 0) is 72.0 Å². The van der Waals surface area contributed by atoms with Crippen LogP contribution in [-0.2, 0) is 14.3 Å². The van der Waals surface area contributed by atoms with Crippen molar-refractivity contribution >= 4 is 39.3 Å². The first-order valence-electron chi connectivity index (χ1n) is 11.1. The highest BCUT2D eigenvalue weighted by Crippen LogP contribution is 2.71. The van der Waals surface area contributed by atoms with Crippen molar-refractivity contribution in [2.45, 2.75) is 57.7 Å². The van der Waals surface area contributed by atoms with Crippen LogP contribution in [0.15, 0.2) is 22.7 Å². The molecule has 2 saturated heterocycles. The second-order valence-electron chi connectivity index (χ2n) is 10.4. The molecule has 2 aliphatic heterocycles. The summed E-state index contributed by atoms with van der Waals surface area (Å²) in [6.07, 6.45) is 6.80. The number of benzene rings is 1. The molecule has 0 unspecified atom stereocenters. The van der Waals surface area contributed by atoms with Gasteiger partial charge in [-0.15, -0.1) is 0 Å². The number of anilines is 1. The summed E-state index contributed by atoms with van der Waals surface area (Å²) in [4.78, 5) is 37.3. The molecule has 5 aliphatic rings. The number of phenolic OH excluding ortho intramolecular Hbond substituents is 1. The molecular weight excluding hydrogens is 494 g/mol. The summed E-state index contributed by atoms with van der Waals surface area (Å²) in [5.41, 5.74) is -1.84. The third-order valence-electron chi connectivity index (χ3n) is 8.51. The largest absolute Gasteiger partial charge is 0.505 e. The third-order valence-corrected chi connectivity index (χ3v) is 9.11. The lowest BCUT2D eigenvalue weighted by Crippen LogP contribution is -2.56. The average molecular weight is 520 g/mol.